The fraction of sp³-hybridized carbons (Fsp3) is 0.417. The number of ether oxygens (including phenoxy) is 1. The molecule has 1 aromatic rings. The van der Waals surface area contributed by atoms with E-state index >= 15 is 0 Å². The van der Waals surface area contributed by atoms with Gasteiger partial charge in [-0.3, -0.25) is 4.79 Å². The molecule has 0 radical (unpaired) electrons. The molecular weight excluding hydrogens is 206 g/mol. The average molecular weight is 221 g/mol. The number of hydrogen-bond donors (Lipinski definition) is 1. The smallest absolute Gasteiger partial charge is 0.226 e. The Kier molecular flexibility index (Phi) is 2.99. The minimum atomic E-state index is 0.0800. The molecule has 0 aromatic heterocycles. The summed E-state index contributed by atoms with van der Waals surface area (Å²) in [6.07, 6.45) is 1.44. The molecule has 86 valence electrons. The summed E-state index contributed by atoms with van der Waals surface area (Å²) in [5.41, 5.74) is 0.815. The largest absolute Gasteiger partial charge is 0.504 e. The SMILES string of the molecule is COc1ccc(CC(=O)N2CCC2)cc1O. The number of phenolic OH excluding ortho intramolecular Hbond substituents is 1. The van der Waals surface area contributed by atoms with E-state index in [4.69, 9.17) is 4.74 Å². The molecule has 4 heteroatoms. The van der Waals surface area contributed by atoms with Crippen LogP contribution < -0.4 is 4.74 Å². The van der Waals surface area contributed by atoms with Gasteiger partial charge in [0.05, 0.1) is 13.5 Å². The zero-order valence-electron chi connectivity index (χ0n) is 9.27. The van der Waals surface area contributed by atoms with Gasteiger partial charge in [0, 0.05) is 13.1 Å². The van der Waals surface area contributed by atoms with E-state index in [-0.39, 0.29) is 11.7 Å². The first-order valence-electron chi connectivity index (χ1n) is 5.34. The fourth-order valence-electron chi connectivity index (χ4n) is 1.70. The van der Waals surface area contributed by atoms with Crippen molar-refractivity contribution < 1.29 is 14.6 Å². The Morgan fingerprint density at radius 1 is 1.50 bits per heavy atom. The maximum absolute atomic E-state index is 11.7. The Bertz CT molecular complexity index is 399. The number of phenols is 1. The normalized spacial score (nSPS) is 14.4. The predicted molar refractivity (Wildman–Crippen MR) is 59.6 cm³/mol. The molecule has 0 unspecified atom stereocenters. The van der Waals surface area contributed by atoms with Crippen LogP contribution in [0.25, 0.3) is 0 Å². The number of likely N-dealkylation sites (tertiary alicyclic amines) is 1. The van der Waals surface area contributed by atoms with Crippen LogP contribution in [0, 0.1) is 0 Å². The zero-order valence-corrected chi connectivity index (χ0v) is 9.27. The van der Waals surface area contributed by atoms with E-state index in [2.05, 4.69) is 0 Å². The summed E-state index contributed by atoms with van der Waals surface area (Å²) in [7, 11) is 1.50. The van der Waals surface area contributed by atoms with Crippen LogP contribution in [0.4, 0.5) is 0 Å². The highest BCUT2D eigenvalue weighted by Gasteiger charge is 2.20. The van der Waals surface area contributed by atoms with Gasteiger partial charge in [-0.25, -0.2) is 0 Å². The van der Waals surface area contributed by atoms with Crippen molar-refractivity contribution in [3.8, 4) is 11.5 Å². The Balaban J connectivity index is 2.03. The summed E-state index contributed by atoms with van der Waals surface area (Å²) in [6, 6.07) is 5.06. The third-order valence-corrected chi connectivity index (χ3v) is 2.81. The van der Waals surface area contributed by atoms with E-state index in [0.717, 1.165) is 25.1 Å². The van der Waals surface area contributed by atoms with Crippen LogP contribution in [-0.4, -0.2) is 36.1 Å². The van der Waals surface area contributed by atoms with E-state index in [1.54, 1.807) is 18.2 Å². The van der Waals surface area contributed by atoms with Gasteiger partial charge in [0.1, 0.15) is 0 Å². The first-order chi connectivity index (χ1) is 7.70. The van der Waals surface area contributed by atoms with Gasteiger partial charge in [-0.15, -0.1) is 0 Å². The maximum atomic E-state index is 11.7. The molecule has 1 saturated heterocycles. The first kappa shape index (κ1) is 10.8. The number of hydrogen-bond acceptors (Lipinski definition) is 3. The molecule has 16 heavy (non-hydrogen) atoms. The van der Waals surface area contributed by atoms with Gasteiger partial charge in [0.25, 0.3) is 0 Å². The molecule has 0 atom stereocenters. The molecule has 1 heterocycles. The second-order valence-corrected chi connectivity index (χ2v) is 3.92. The van der Waals surface area contributed by atoms with Crippen molar-refractivity contribution in [1.82, 2.24) is 4.90 Å². The van der Waals surface area contributed by atoms with E-state index in [0.29, 0.717) is 12.2 Å². The lowest BCUT2D eigenvalue weighted by Gasteiger charge is -2.30. The van der Waals surface area contributed by atoms with Crippen molar-refractivity contribution in [3.05, 3.63) is 23.8 Å². The minimum absolute atomic E-state index is 0.0800. The van der Waals surface area contributed by atoms with Crippen molar-refractivity contribution >= 4 is 5.91 Å². The second-order valence-electron chi connectivity index (χ2n) is 3.92. The standard InChI is InChI=1S/C12H15NO3/c1-16-11-4-3-9(7-10(11)14)8-12(15)13-5-2-6-13/h3-4,7,14H,2,5-6,8H2,1H3. The van der Waals surface area contributed by atoms with Gasteiger partial charge in [-0.2, -0.15) is 0 Å². The summed E-state index contributed by atoms with van der Waals surface area (Å²) >= 11 is 0. The van der Waals surface area contributed by atoms with Crippen molar-refractivity contribution in [1.29, 1.82) is 0 Å². The molecule has 0 spiro atoms. The number of benzene rings is 1. The van der Waals surface area contributed by atoms with Crippen molar-refractivity contribution in [2.75, 3.05) is 20.2 Å². The second kappa shape index (κ2) is 4.43. The highest BCUT2D eigenvalue weighted by atomic mass is 16.5. The molecule has 0 saturated carbocycles. The Labute approximate surface area is 94.4 Å². The van der Waals surface area contributed by atoms with Crippen LogP contribution in [-0.2, 0) is 11.2 Å². The summed E-state index contributed by atoms with van der Waals surface area (Å²) in [5.74, 6) is 0.632. The Morgan fingerprint density at radius 2 is 2.25 bits per heavy atom. The number of carbonyl (C=O) groups excluding carboxylic acids is 1. The minimum Gasteiger partial charge on any atom is -0.504 e. The average Bonchev–Trinajstić information content (AvgIpc) is 2.15. The highest BCUT2D eigenvalue weighted by molar-refractivity contribution is 5.79. The van der Waals surface area contributed by atoms with E-state index in [1.165, 1.54) is 7.11 Å². The lowest BCUT2D eigenvalue weighted by molar-refractivity contribution is -0.133. The van der Waals surface area contributed by atoms with Crippen LogP contribution in [0.15, 0.2) is 18.2 Å². The molecule has 0 aliphatic carbocycles. The van der Waals surface area contributed by atoms with Crippen LogP contribution in [0.3, 0.4) is 0 Å². The fourth-order valence-corrected chi connectivity index (χ4v) is 1.70. The maximum Gasteiger partial charge on any atom is 0.226 e. The van der Waals surface area contributed by atoms with Crippen LogP contribution in [0.5, 0.6) is 11.5 Å². The summed E-state index contributed by atoms with van der Waals surface area (Å²) in [5, 5.41) is 9.56. The third-order valence-electron chi connectivity index (χ3n) is 2.81. The molecule has 1 aliphatic heterocycles. The summed E-state index contributed by atoms with van der Waals surface area (Å²) in [4.78, 5) is 13.5. The van der Waals surface area contributed by atoms with Gasteiger partial charge in [0.15, 0.2) is 11.5 Å². The van der Waals surface area contributed by atoms with Gasteiger partial charge >= 0.3 is 0 Å². The topological polar surface area (TPSA) is 49.8 Å². The number of rotatable bonds is 3. The predicted octanol–water partition coefficient (Wildman–Crippen LogP) is 1.18. The van der Waals surface area contributed by atoms with Gasteiger partial charge in [0.2, 0.25) is 5.91 Å². The van der Waals surface area contributed by atoms with Gasteiger partial charge in [-0.05, 0) is 24.1 Å². The molecule has 1 amide bonds. The highest BCUT2D eigenvalue weighted by Crippen LogP contribution is 2.26. The number of carbonyl (C=O) groups is 1. The van der Waals surface area contributed by atoms with Crippen molar-refractivity contribution in [2.45, 2.75) is 12.8 Å². The number of amides is 1. The van der Waals surface area contributed by atoms with Crippen LogP contribution in [0.1, 0.15) is 12.0 Å². The molecule has 1 fully saturated rings. The summed E-state index contributed by atoms with van der Waals surface area (Å²) in [6.45, 7) is 1.72. The van der Waals surface area contributed by atoms with Gasteiger partial charge in [-0.1, -0.05) is 6.07 Å². The summed E-state index contributed by atoms with van der Waals surface area (Å²) < 4.78 is 4.94. The Morgan fingerprint density at radius 3 is 2.75 bits per heavy atom. The molecule has 1 aliphatic rings. The van der Waals surface area contributed by atoms with Crippen LogP contribution in [0.2, 0.25) is 0 Å². The third kappa shape index (κ3) is 2.10. The monoisotopic (exact) mass is 221 g/mol. The van der Waals surface area contributed by atoms with E-state index in [1.807, 2.05) is 4.90 Å². The molecular formula is C12H15NO3. The van der Waals surface area contributed by atoms with E-state index in [9.17, 15) is 9.90 Å². The Hall–Kier alpha value is -1.71. The van der Waals surface area contributed by atoms with E-state index < -0.39 is 0 Å². The quantitative estimate of drug-likeness (QED) is 0.833. The lowest BCUT2D eigenvalue weighted by Crippen LogP contribution is -2.42. The molecule has 0 bridgehead atoms. The zero-order chi connectivity index (χ0) is 11.5. The number of methoxy groups -OCH3 is 1. The van der Waals surface area contributed by atoms with Crippen LogP contribution >= 0.6 is 0 Å². The first-order valence-corrected chi connectivity index (χ1v) is 5.34. The number of aromatic hydroxyl groups is 1. The molecule has 4 nitrogen and oxygen atoms in total. The molecule has 2 rings (SSSR count). The number of nitrogens with zero attached hydrogens (tertiary/aromatic N) is 1. The molecule has 1 N–H and O–H groups in total. The van der Waals surface area contributed by atoms with Crippen molar-refractivity contribution in [2.24, 2.45) is 0 Å². The molecule has 1 aromatic carbocycles. The van der Waals surface area contributed by atoms with Gasteiger partial charge < -0.3 is 14.7 Å². The van der Waals surface area contributed by atoms with Crippen molar-refractivity contribution in [3.63, 3.8) is 0 Å². The lowest BCUT2D eigenvalue weighted by atomic mass is 10.1.